The molecule has 1 aromatic rings. The zero-order chi connectivity index (χ0) is 16.7. The van der Waals surface area contributed by atoms with E-state index in [4.69, 9.17) is 0 Å². The number of benzene rings is 1. The average molecular weight is 305 g/mol. The standard InChI is InChI=1S/C17H27N3O2/c1-6-13(2)18-17(22)11-12-20(14(3)21)16-9-7-15(8-10-16)19(4)5/h7-10,13H,6,11-12H2,1-5H3,(H,18,22). The maximum absolute atomic E-state index is 11.9. The SMILES string of the molecule is CCC(C)NC(=O)CCN(C(C)=O)c1ccc(N(C)C)cc1. The molecule has 0 radical (unpaired) electrons. The molecule has 1 rings (SSSR count). The van der Waals surface area contributed by atoms with Crippen LogP contribution in [0.4, 0.5) is 11.4 Å². The summed E-state index contributed by atoms with van der Waals surface area (Å²) in [6.45, 7) is 5.91. The van der Waals surface area contributed by atoms with Crippen LogP contribution in [0.1, 0.15) is 33.6 Å². The number of hydrogen-bond donors (Lipinski definition) is 1. The lowest BCUT2D eigenvalue weighted by Gasteiger charge is -2.22. The van der Waals surface area contributed by atoms with Crippen molar-refractivity contribution < 1.29 is 9.59 Å². The molecule has 0 heterocycles. The summed E-state index contributed by atoms with van der Waals surface area (Å²) in [5, 5.41) is 2.92. The van der Waals surface area contributed by atoms with Crippen molar-refractivity contribution in [3.8, 4) is 0 Å². The Bertz CT molecular complexity index is 497. The van der Waals surface area contributed by atoms with Gasteiger partial charge in [0.15, 0.2) is 0 Å². The maximum Gasteiger partial charge on any atom is 0.223 e. The number of amides is 2. The first kappa shape index (κ1) is 18.0. The molecule has 122 valence electrons. The van der Waals surface area contributed by atoms with Crippen molar-refractivity contribution in [2.45, 2.75) is 39.7 Å². The van der Waals surface area contributed by atoms with Crippen LogP contribution in [0.2, 0.25) is 0 Å². The highest BCUT2D eigenvalue weighted by Gasteiger charge is 2.14. The zero-order valence-electron chi connectivity index (χ0n) is 14.2. The van der Waals surface area contributed by atoms with Crippen LogP contribution in [0.25, 0.3) is 0 Å². The van der Waals surface area contributed by atoms with Crippen molar-refractivity contribution in [2.24, 2.45) is 0 Å². The predicted molar refractivity (Wildman–Crippen MR) is 91.3 cm³/mol. The smallest absolute Gasteiger partial charge is 0.223 e. The van der Waals surface area contributed by atoms with Gasteiger partial charge in [0.1, 0.15) is 0 Å². The molecule has 2 amide bonds. The largest absolute Gasteiger partial charge is 0.378 e. The van der Waals surface area contributed by atoms with Crippen LogP contribution >= 0.6 is 0 Å². The average Bonchev–Trinajstić information content (AvgIpc) is 2.47. The van der Waals surface area contributed by atoms with Gasteiger partial charge in [-0.2, -0.15) is 0 Å². The van der Waals surface area contributed by atoms with E-state index in [1.54, 1.807) is 4.90 Å². The second-order valence-corrected chi connectivity index (χ2v) is 5.71. The molecule has 1 atom stereocenters. The fourth-order valence-electron chi connectivity index (χ4n) is 2.06. The molecular weight excluding hydrogens is 278 g/mol. The third-order valence-corrected chi connectivity index (χ3v) is 3.64. The van der Waals surface area contributed by atoms with Crippen LogP contribution in [0.3, 0.4) is 0 Å². The van der Waals surface area contributed by atoms with Crippen LogP contribution in [-0.2, 0) is 9.59 Å². The van der Waals surface area contributed by atoms with Crippen molar-refractivity contribution in [3.05, 3.63) is 24.3 Å². The molecule has 0 saturated heterocycles. The number of anilines is 2. The van der Waals surface area contributed by atoms with E-state index in [0.29, 0.717) is 13.0 Å². The van der Waals surface area contributed by atoms with E-state index in [1.807, 2.05) is 57.1 Å². The lowest BCUT2D eigenvalue weighted by molar-refractivity contribution is -0.121. The molecule has 0 aliphatic rings. The summed E-state index contributed by atoms with van der Waals surface area (Å²) < 4.78 is 0. The highest BCUT2D eigenvalue weighted by Crippen LogP contribution is 2.20. The molecule has 0 spiro atoms. The molecule has 1 aromatic carbocycles. The number of rotatable bonds is 7. The summed E-state index contributed by atoms with van der Waals surface area (Å²) in [6, 6.07) is 7.90. The molecule has 0 aliphatic carbocycles. The Kier molecular flexibility index (Phi) is 6.89. The topological polar surface area (TPSA) is 52.7 Å². The minimum Gasteiger partial charge on any atom is -0.378 e. The highest BCUT2D eigenvalue weighted by atomic mass is 16.2. The molecule has 0 saturated carbocycles. The quantitative estimate of drug-likeness (QED) is 0.841. The predicted octanol–water partition coefficient (Wildman–Crippen LogP) is 2.41. The summed E-state index contributed by atoms with van der Waals surface area (Å²) in [6.07, 6.45) is 1.20. The van der Waals surface area contributed by atoms with Crippen molar-refractivity contribution >= 4 is 23.2 Å². The van der Waals surface area contributed by atoms with Gasteiger partial charge in [0.2, 0.25) is 11.8 Å². The van der Waals surface area contributed by atoms with Crippen LogP contribution in [-0.4, -0.2) is 38.5 Å². The van der Waals surface area contributed by atoms with Crippen LogP contribution in [0, 0.1) is 0 Å². The Hall–Kier alpha value is -2.04. The summed E-state index contributed by atoms with van der Waals surface area (Å²) in [5.74, 6) is -0.0838. The molecule has 0 fully saturated rings. The first-order valence-electron chi connectivity index (χ1n) is 7.70. The second-order valence-electron chi connectivity index (χ2n) is 5.71. The molecule has 0 aromatic heterocycles. The highest BCUT2D eigenvalue weighted by molar-refractivity contribution is 5.92. The van der Waals surface area contributed by atoms with Crippen LogP contribution in [0.15, 0.2) is 24.3 Å². The summed E-state index contributed by atoms with van der Waals surface area (Å²) >= 11 is 0. The van der Waals surface area contributed by atoms with E-state index in [1.165, 1.54) is 6.92 Å². The number of carbonyl (C=O) groups excluding carboxylic acids is 2. The summed E-state index contributed by atoms with van der Waals surface area (Å²) in [5.41, 5.74) is 1.89. The van der Waals surface area contributed by atoms with Gasteiger partial charge in [0.05, 0.1) is 0 Å². The first-order chi connectivity index (χ1) is 10.3. The molecule has 1 unspecified atom stereocenters. The number of nitrogens with one attached hydrogen (secondary N) is 1. The number of carbonyl (C=O) groups is 2. The van der Waals surface area contributed by atoms with E-state index < -0.39 is 0 Å². The minimum absolute atomic E-state index is 0.0227. The van der Waals surface area contributed by atoms with E-state index in [9.17, 15) is 9.59 Å². The lowest BCUT2D eigenvalue weighted by atomic mass is 10.2. The Morgan fingerprint density at radius 1 is 1.14 bits per heavy atom. The van der Waals surface area contributed by atoms with Gasteiger partial charge in [0.25, 0.3) is 0 Å². The second kappa shape index (κ2) is 8.41. The number of nitrogens with zero attached hydrogens (tertiary/aromatic N) is 2. The summed E-state index contributed by atoms with van der Waals surface area (Å²) in [7, 11) is 3.94. The van der Waals surface area contributed by atoms with Crippen molar-refractivity contribution in [1.29, 1.82) is 0 Å². The maximum atomic E-state index is 11.9. The van der Waals surface area contributed by atoms with E-state index in [-0.39, 0.29) is 17.9 Å². The first-order valence-corrected chi connectivity index (χ1v) is 7.70. The van der Waals surface area contributed by atoms with Crippen LogP contribution in [0.5, 0.6) is 0 Å². The summed E-state index contributed by atoms with van der Waals surface area (Å²) in [4.78, 5) is 27.3. The van der Waals surface area contributed by atoms with E-state index >= 15 is 0 Å². The minimum atomic E-state index is -0.0612. The van der Waals surface area contributed by atoms with Gasteiger partial charge < -0.3 is 15.1 Å². The van der Waals surface area contributed by atoms with Gasteiger partial charge in [0, 0.05) is 51.4 Å². The van der Waals surface area contributed by atoms with Gasteiger partial charge in [-0.15, -0.1) is 0 Å². The lowest BCUT2D eigenvalue weighted by Crippen LogP contribution is -2.36. The van der Waals surface area contributed by atoms with Crippen molar-refractivity contribution in [2.75, 3.05) is 30.4 Å². The van der Waals surface area contributed by atoms with Crippen molar-refractivity contribution in [1.82, 2.24) is 5.32 Å². The van der Waals surface area contributed by atoms with Gasteiger partial charge in [-0.3, -0.25) is 9.59 Å². The molecule has 22 heavy (non-hydrogen) atoms. The van der Waals surface area contributed by atoms with Crippen LogP contribution < -0.4 is 15.1 Å². The zero-order valence-corrected chi connectivity index (χ0v) is 14.2. The van der Waals surface area contributed by atoms with Gasteiger partial charge in [-0.25, -0.2) is 0 Å². The fourth-order valence-corrected chi connectivity index (χ4v) is 2.06. The third kappa shape index (κ3) is 5.39. The number of hydrogen-bond acceptors (Lipinski definition) is 3. The molecule has 5 heteroatoms. The van der Waals surface area contributed by atoms with E-state index in [2.05, 4.69) is 5.32 Å². The van der Waals surface area contributed by atoms with Gasteiger partial charge in [-0.05, 0) is 37.6 Å². The van der Waals surface area contributed by atoms with Crippen molar-refractivity contribution in [3.63, 3.8) is 0 Å². The molecular formula is C17H27N3O2. The Morgan fingerprint density at radius 3 is 2.14 bits per heavy atom. The Labute approximate surface area is 133 Å². The Balaban J connectivity index is 2.70. The molecule has 5 nitrogen and oxygen atoms in total. The third-order valence-electron chi connectivity index (χ3n) is 3.64. The van der Waals surface area contributed by atoms with E-state index in [0.717, 1.165) is 17.8 Å². The fraction of sp³-hybridized carbons (Fsp3) is 0.529. The molecule has 0 aliphatic heterocycles. The molecule has 0 bridgehead atoms. The monoisotopic (exact) mass is 305 g/mol. The Morgan fingerprint density at radius 2 is 1.68 bits per heavy atom. The molecule has 1 N–H and O–H groups in total. The van der Waals surface area contributed by atoms with Gasteiger partial charge in [-0.1, -0.05) is 6.92 Å². The normalized spacial score (nSPS) is 11.7. The van der Waals surface area contributed by atoms with Gasteiger partial charge >= 0.3 is 0 Å².